The number of hydrogen-bond acceptors (Lipinski definition) is 2. The molecule has 3 rings (SSSR count). The van der Waals surface area contributed by atoms with E-state index in [0.29, 0.717) is 25.9 Å². The number of piperidine rings is 1. The molecule has 0 atom stereocenters. The van der Waals surface area contributed by atoms with Crippen LogP contribution in [0.2, 0.25) is 0 Å². The smallest absolute Gasteiger partial charge is 0.317 e. The third-order valence-electron chi connectivity index (χ3n) is 5.08. The molecule has 1 aliphatic heterocycles. The predicted octanol–water partition coefficient (Wildman–Crippen LogP) is 2.41. The SMILES string of the molecule is O=C(NCC1(c2c(F)cccc2F)CC1)N1CCC(CO)CC1. The van der Waals surface area contributed by atoms with Gasteiger partial charge in [-0.2, -0.15) is 0 Å². The number of nitrogens with zero attached hydrogens (tertiary/aromatic N) is 1. The van der Waals surface area contributed by atoms with Crippen LogP contribution >= 0.6 is 0 Å². The largest absolute Gasteiger partial charge is 0.396 e. The van der Waals surface area contributed by atoms with Crippen LogP contribution in [0.25, 0.3) is 0 Å². The van der Waals surface area contributed by atoms with Crippen molar-refractivity contribution in [3.63, 3.8) is 0 Å². The second kappa shape index (κ2) is 6.43. The van der Waals surface area contributed by atoms with Crippen LogP contribution in [0.1, 0.15) is 31.2 Å². The number of aliphatic hydroxyl groups excluding tert-OH is 1. The number of aliphatic hydroxyl groups is 1. The van der Waals surface area contributed by atoms with Crippen molar-refractivity contribution in [1.82, 2.24) is 10.2 Å². The lowest BCUT2D eigenvalue weighted by atomic mass is 9.94. The quantitative estimate of drug-likeness (QED) is 0.894. The fraction of sp³-hybridized carbons (Fsp3) is 0.588. The van der Waals surface area contributed by atoms with Gasteiger partial charge in [0, 0.05) is 37.2 Å². The van der Waals surface area contributed by atoms with Crippen molar-refractivity contribution >= 4 is 6.03 Å². The molecule has 0 bridgehead atoms. The van der Waals surface area contributed by atoms with Crippen molar-refractivity contribution in [2.45, 2.75) is 31.1 Å². The molecule has 2 aliphatic rings. The van der Waals surface area contributed by atoms with E-state index in [1.807, 2.05) is 0 Å². The molecule has 0 unspecified atom stereocenters. The zero-order valence-corrected chi connectivity index (χ0v) is 13.0. The summed E-state index contributed by atoms with van der Waals surface area (Å²) in [5.74, 6) is -0.817. The van der Waals surface area contributed by atoms with Crippen molar-refractivity contribution < 1.29 is 18.7 Å². The maximum atomic E-state index is 14.0. The van der Waals surface area contributed by atoms with Crippen molar-refractivity contribution in [1.29, 1.82) is 0 Å². The van der Waals surface area contributed by atoms with Crippen molar-refractivity contribution in [2.24, 2.45) is 5.92 Å². The van der Waals surface area contributed by atoms with Crippen LogP contribution in [0.3, 0.4) is 0 Å². The fourth-order valence-corrected chi connectivity index (χ4v) is 3.35. The van der Waals surface area contributed by atoms with Crippen LogP contribution < -0.4 is 5.32 Å². The van der Waals surface area contributed by atoms with Crippen molar-refractivity contribution in [2.75, 3.05) is 26.2 Å². The first kappa shape index (κ1) is 16.2. The number of hydrogen-bond donors (Lipinski definition) is 2. The second-order valence-corrected chi connectivity index (χ2v) is 6.65. The van der Waals surface area contributed by atoms with Crippen LogP contribution in [0.4, 0.5) is 13.6 Å². The number of amides is 2. The van der Waals surface area contributed by atoms with E-state index < -0.39 is 17.0 Å². The third kappa shape index (κ3) is 3.32. The van der Waals surface area contributed by atoms with Crippen LogP contribution in [-0.4, -0.2) is 42.3 Å². The summed E-state index contributed by atoms with van der Waals surface area (Å²) in [6.45, 7) is 1.63. The summed E-state index contributed by atoms with van der Waals surface area (Å²) < 4.78 is 27.9. The standard InChI is InChI=1S/C17H22F2N2O2/c18-13-2-1-3-14(19)15(13)17(6-7-17)11-20-16(23)21-8-4-12(10-22)5-9-21/h1-3,12,22H,4-11H2,(H,20,23). The van der Waals surface area contributed by atoms with E-state index in [0.717, 1.165) is 12.8 Å². The van der Waals surface area contributed by atoms with Gasteiger partial charge in [0.05, 0.1) is 0 Å². The molecular weight excluding hydrogens is 302 g/mol. The molecule has 0 spiro atoms. The van der Waals surface area contributed by atoms with E-state index in [1.165, 1.54) is 18.2 Å². The van der Waals surface area contributed by atoms with E-state index in [4.69, 9.17) is 5.11 Å². The summed E-state index contributed by atoms with van der Waals surface area (Å²) in [5.41, 5.74) is -0.506. The van der Waals surface area contributed by atoms with Gasteiger partial charge < -0.3 is 15.3 Å². The number of halogens is 2. The van der Waals surface area contributed by atoms with Gasteiger partial charge in [-0.25, -0.2) is 13.6 Å². The number of rotatable bonds is 4. The number of urea groups is 1. The molecule has 1 heterocycles. The molecule has 0 radical (unpaired) electrons. The van der Waals surface area contributed by atoms with Crippen LogP contribution in [0.15, 0.2) is 18.2 Å². The second-order valence-electron chi connectivity index (χ2n) is 6.65. The van der Waals surface area contributed by atoms with Crippen LogP contribution in [0.5, 0.6) is 0 Å². The maximum Gasteiger partial charge on any atom is 0.317 e. The van der Waals surface area contributed by atoms with Gasteiger partial charge >= 0.3 is 6.03 Å². The summed E-state index contributed by atoms with van der Waals surface area (Å²) in [5, 5.41) is 12.0. The Morgan fingerprint density at radius 1 is 1.26 bits per heavy atom. The highest BCUT2D eigenvalue weighted by Gasteiger charge is 2.48. The molecule has 23 heavy (non-hydrogen) atoms. The minimum atomic E-state index is -0.603. The molecule has 1 aromatic rings. The van der Waals surface area contributed by atoms with E-state index in [9.17, 15) is 13.6 Å². The molecule has 2 fully saturated rings. The molecule has 1 aliphatic carbocycles. The van der Waals surface area contributed by atoms with Crippen molar-refractivity contribution in [3.05, 3.63) is 35.4 Å². The van der Waals surface area contributed by atoms with Gasteiger partial charge in [-0.05, 0) is 43.7 Å². The normalized spacial score (nSPS) is 20.4. The Morgan fingerprint density at radius 3 is 2.39 bits per heavy atom. The number of carbonyl (C=O) groups is 1. The highest BCUT2D eigenvalue weighted by atomic mass is 19.1. The lowest BCUT2D eigenvalue weighted by Crippen LogP contribution is -2.46. The van der Waals surface area contributed by atoms with E-state index in [1.54, 1.807) is 4.90 Å². The first-order valence-corrected chi connectivity index (χ1v) is 8.14. The Labute approximate surface area is 134 Å². The summed E-state index contributed by atoms with van der Waals surface area (Å²) in [7, 11) is 0. The molecule has 4 nitrogen and oxygen atoms in total. The number of carbonyl (C=O) groups excluding carboxylic acids is 1. The third-order valence-corrected chi connectivity index (χ3v) is 5.08. The zero-order valence-electron chi connectivity index (χ0n) is 13.0. The van der Waals surface area contributed by atoms with Crippen LogP contribution in [-0.2, 0) is 5.41 Å². The first-order valence-electron chi connectivity index (χ1n) is 8.14. The van der Waals surface area contributed by atoms with E-state index >= 15 is 0 Å². The molecular formula is C17H22F2N2O2. The molecule has 126 valence electrons. The minimum absolute atomic E-state index is 0.0966. The molecule has 1 saturated heterocycles. The van der Waals surface area contributed by atoms with Gasteiger partial charge in [0.2, 0.25) is 0 Å². The van der Waals surface area contributed by atoms with Crippen LogP contribution in [0, 0.1) is 17.6 Å². The zero-order chi connectivity index (χ0) is 16.4. The lowest BCUT2D eigenvalue weighted by molar-refractivity contribution is 0.137. The monoisotopic (exact) mass is 324 g/mol. The highest BCUT2D eigenvalue weighted by Crippen LogP contribution is 2.49. The molecule has 1 saturated carbocycles. The molecule has 0 aromatic heterocycles. The summed E-state index contributed by atoms with van der Waals surface area (Å²) in [6, 6.07) is 3.69. The Bertz CT molecular complexity index is 562. The average molecular weight is 324 g/mol. The van der Waals surface area contributed by atoms with Gasteiger partial charge in [0.1, 0.15) is 11.6 Å². The van der Waals surface area contributed by atoms with Gasteiger partial charge in [-0.1, -0.05) is 6.07 Å². The fourth-order valence-electron chi connectivity index (χ4n) is 3.35. The van der Waals surface area contributed by atoms with E-state index in [2.05, 4.69) is 5.32 Å². The van der Waals surface area contributed by atoms with Gasteiger partial charge in [0.15, 0.2) is 0 Å². The molecule has 1 aromatic carbocycles. The van der Waals surface area contributed by atoms with E-state index in [-0.39, 0.29) is 30.7 Å². The van der Waals surface area contributed by atoms with Crippen molar-refractivity contribution in [3.8, 4) is 0 Å². The molecule has 2 N–H and O–H groups in total. The Hall–Kier alpha value is -1.69. The number of benzene rings is 1. The number of likely N-dealkylation sites (tertiary alicyclic amines) is 1. The number of nitrogens with one attached hydrogen (secondary N) is 1. The summed E-state index contributed by atoms with van der Waals surface area (Å²) in [4.78, 5) is 13.9. The first-order chi connectivity index (χ1) is 11.1. The van der Waals surface area contributed by atoms with Gasteiger partial charge in [-0.3, -0.25) is 0 Å². The maximum absolute atomic E-state index is 14.0. The Morgan fingerprint density at radius 2 is 1.87 bits per heavy atom. The highest BCUT2D eigenvalue weighted by molar-refractivity contribution is 5.74. The van der Waals surface area contributed by atoms with Gasteiger partial charge in [0.25, 0.3) is 0 Å². The molecule has 6 heteroatoms. The summed E-state index contributed by atoms with van der Waals surface area (Å²) in [6.07, 6.45) is 2.93. The average Bonchev–Trinajstić information content (AvgIpc) is 3.33. The van der Waals surface area contributed by atoms with Gasteiger partial charge in [-0.15, -0.1) is 0 Å². The Balaban J connectivity index is 1.59. The molecule has 2 amide bonds. The lowest BCUT2D eigenvalue weighted by Gasteiger charge is -2.31. The Kier molecular flexibility index (Phi) is 4.53. The summed E-state index contributed by atoms with van der Waals surface area (Å²) >= 11 is 0. The topological polar surface area (TPSA) is 52.6 Å². The predicted molar refractivity (Wildman–Crippen MR) is 82.1 cm³/mol. The minimum Gasteiger partial charge on any atom is -0.396 e.